The van der Waals surface area contributed by atoms with Gasteiger partial charge in [0.25, 0.3) is 0 Å². The number of aliphatic hydroxyl groups is 2. The molecule has 0 radical (unpaired) electrons. The Morgan fingerprint density at radius 2 is 1.48 bits per heavy atom. The topological polar surface area (TPSA) is 57.5 Å². The molecule has 2 atom stereocenters. The highest BCUT2D eigenvalue weighted by Gasteiger charge is 2.22. The van der Waals surface area contributed by atoms with Crippen molar-refractivity contribution in [2.45, 2.75) is 17.4 Å². The van der Waals surface area contributed by atoms with E-state index in [4.69, 9.17) is 11.6 Å². The largest absolute Gasteiger partial charge is 0.389 e. The number of Topliss-reactive ketones (excluding diaryl/α,β-unsaturated/α-hetero) is 1. The highest BCUT2D eigenvalue weighted by Crippen LogP contribution is 2.29. The molecule has 5 heteroatoms. The lowest BCUT2D eigenvalue weighted by Gasteiger charge is -2.19. The Bertz CT molecular complexity index is 911. The second kappa shape index (κ2) is 10.6. The Labute approximate surface area is 180 Å². The first kappa shape index (κ1) is 21.6. The molecule has 0 aliphatic heterocycles. The maximum Gasteiger partial charge on any atom is 0.162 e. The molecule has 3 nitrogen and oxygen atoms in total. The molecule has 29 heavy (non-hydrogen) atoms. The van der Waals surface area contributed by atoms with Crippen LogP contribution in [-0.2, 0) is 4.79 Å². The molecule has 0 saturated carbocycles. The first-order chi connectivity index (χ1) is 14.1. The van der Waals surface area contributed by atoms with E-state index in [1.807, 2.05) is 78.9 Å². The van der Waals surface area contributed by atoms with Gasteiger partial charge >= 0.3 is 0 Å². The van der Waals surface area contributed by atoms with Gasteiger partial charge < -0.3 is 10.2 Å². The number of halogens is 1. The molecule has 0 aliphatic carbocycles. The number of thioether (sulfide) groups is 1. The first-order valence-electron chi connectivity index (χ1n) is 9.42. The summed E-state index contributed by atoms with van der Waals surface area (Å²) in [5, 5.41) is 20.7. The molecular weight excluding hydrogens is 404 g/mol. The van der Waals surface area contributed by atoms with Gasteiger partial charge in [0.15, 0.2) is 5.78 Å². The molecule has 0 unspecified atom stereocenters. The van der Waals surface area contributed by atoms with Crippen molar-refractivity contribution < 1.29 is 15.0 Å². The van der Waals surface area contributed by atoms with Gasteiger partial charge in [0.1, 0.15) is 6.61 Å². The quantitative estimate of drug-likeness (QED) is 0.450. The van der Waals surface area contributed by atoms with Crippen LogP contribution in [0.25, 0.3) is 11.1 Å². The Balaban J connectivity index is 1.66. The Kier molecular flexibility index (Phi) is 7.90. The number of benzene rings is 3. The molecule has 0 aromatic heterocycles. The lowest BCUT2D eigenvalue weighted by molar-refractivity contribution is -0.125. The molecule has 0 fully saturated rings. The van der Waals surface area contributed by atoms with E-state index < -0.39 is 18.6 Å². The van der Waals surface area contributed by atoms with Crippen LogP contribution >= 0.6 is 23.4 Å². The Morgan fingerprint density at radius 1 is 0.897 bits per heavy atom. The van der Waals surface area contributed by atoms with Crippen LogP contribution < -0.4 is 0 Å². The number of carbonyl (C=O) groups excluding carboxylic acids is 1. The van der Waals surface area contributed by atoms with E-state index in [-0.39, 0.29) is 12.2 Å². The second-order valence-corrected chi connectivity index (χ2v) is 8.36. The third kappa shape index (κ3) is 6.18. The number of aliphatic hydroxyl groups excluding tert-OH is 2. The summed E-state index contributed by atoms with van der Waals surface area (Å²) in [6.07, 6.45) is -0.495. The van der Waals surface area contributed by atoms with Crippen molar-refractivity contribution in [3.63, 3.8) is 0 Å². The minimum atomic E-state index is -0.772. The fourth-order valence-electron chi connectivity index (χ4n) is 3.08. The van der Waals surface area contributed by atoms with E-state index >= 15 is 0 Å². The fraction of sp³-hybridized carbons (Fsp3) is 0.208. The predicted octanol–water partition coefficient (Wildman–Crippen LogP) is 5.40. The maximum absolute atomic E-state index is 12.2. The van der Waals surface area contributed by atoms with Gasteiger partial charge in [-0.05, 0) is 47.4 Å². The summed E-state index contributed by atoms with van der Waals surface area (Å²) in [4.78, 5) is 13.2. The number of hydrogen-bond acceptors (Lipinski definition) is 4. The van der Waals surface area contributed by atoms with E-state index in [0.29, 0.717) is 10.8 Å². The van der Waals surface area contributed by atoms with Crippen LogP contribution in [0.4, 0.5) is 0 Å². The summed E-state index contributed by atoms with van der Waals surface area (Å²) in [5.74, 6) is -0.148. The number of rotatable bonds is 9. The van der Waals surface area contributed by atoms with Gasteiger partial charge in [0, 0.05) is 21.6 Å². The van der Waals surface area contributed by atoms with E-state index in [0.717, 1.165) is 21.6 Å². The monoisotopic (exact) mass is 426 g/mol. The van der Waals surface area contributed by atoms with Crippen molar-refractivity contribution in [1.29, 1.82) is 0 Å². The number of carbonyl (C=O) groups is 1. The Hall–Kier alpha value is -2.11. The van der Waals surface area contributed by atoms with Crippen LogP contribution in [0.2, 0.25) is 5.02 Å². The van der Waals surface area contributed by atoms with Crippen molar-refractivity contribution in [2.24, 2.45) is 5.92 Å². The molecule has 0 amide bonds. The van der Waals surface area contributed by atoms with Crippen molar-refractivity contribution in [3.8, 4) is 11.1 Å². The van der Waals surface area contributed by atoms with Crippen molar-refractivity contribution in [3.05, 3.63) is 89.4 Å². The molecular formula is C24H23ClO3S. The maximum atomic E-state index is 12.2. The standard InChI is InChI=1S/C24H23ClO3S/c25-21-12-10-18(11-13-21)17-6-8-19(9-7-17)23(27)14-20(24(28)15-26)16-29-22-4-2-1-3-5-22/h1-13,20,23,26-27H,14-16H2/t20-,23+/m1/s1. The van der Waals surface area contributed by atoms with Gasteiger partial charge in [-0.25, -0.2) is 0 Å². The molecule has 3 aromatic carbocycles. The van der Waals surface area contributed by atoms with Crippen LogP contribution in [0.1, 0.15) is 18.1 Å². The summed E-state index contributed by atoms with van der Waals surface area (Å²) in [6.45, 7) is -0.512. The number of ketones is 1. The highest BCUT2D eigenvalue weighted by atomic mass is 35.5. The number of hydrogen-bond donors (Lipinski definition) is 2. The van der Waals surface area contributed by atoms with E-state index in [2.05, 4.69) is 0 Å². The summed E-state index contributed by atoms with van der Waals surface area (Å²) in [6, 6.07) is 25.0. The summed E-state index contributed by atoms with van der Waals surface area (Å²) < 4.78 is 0. The molecule has 0 aliphatic rings. The molecule has 3 rings (SSSR count). The van der Waals surface area contributed by atoms with Crippen LogP contribution in [0.3, 0.4) is 0 Å². The van der Waals surface area contributed by atoms with E-state index in [1.54, 1.807) is 11.8 Å². The van der Waals surface area contributed by atoms with Crippen LogP contribution in [-0.4, -0.2) is 28.4 Å². The molecule has 0 saturated heterocycles. The molecule has 150 valence electrons. The normalized spacial score (nSPS) is 13.1. The van der Waals surface area contributed by atoms with E-state index in [1.165, 1.54) is 0 Å². The smallest absolute Gasteiger partial charge is 0.162 e. The summed E-state index contributed by atoms with van der Waals surface area (Å²) in [7, 11) is 0. The van der Waals surface area contributed by atoms with Gasteiger partial charge in [-0.1, -0.05) is 66.2 Å². The minimum Gasteiger partial charge on any atom is -0.389 e. The van der Waals surface area contributed by atoms with Gasteiger partial charge in [-0.3, -0.25) is 4.79 Å². The average Bonchev–Trinajstić information content (AvgIpc) is 2.77. The Morgan fingerprint density at radius 3 is 2.07 bits per heavy atom. The van der Waals surface area contributed by atoms with Crippen molar-refractivity contribution >= 4 is 29.1 Å². The molecule has 2 N–H and O–H groups in total. The molecule has 0 bridgehead atoms. The van der Waals surface area contributed by atoms with Gasteiger partial charge in [0.2, 0.25) is 0 Å². The van der Waals surface area contributed by atoms with Gasteiger partial charge in [-0.15, -0.1) is 11.8 Å². The highest BCUT2D eigenvalue weighted by molar-refractivity contribution is 7.99. The van der Waals surface area contributed by atoms with Crippen LogP contribution in [0.15, 0.2) is 83.8 Å². The van der Waals surface area contributed by atoms with Crippen molar-refractivity contribution in [1.82, 2.24) is 0 Å². The zero-order valence-corrected chi connectivity index (χ0v) is 17.4. The molecule has 3 aromatic rings. The summed E-state index contributed by atoms with van der Waals surface area (Å²) >= 11 is 7.49. The van der Waals surface area contributed by atoms with Gasteiger partial charge in [-0.2, -0.15) is 0 Å². The zero-order valence-electron chi connectivity index (χ0n) is 15.9. The van der Waals surface area contributed by atoms with Crippen molar-refractivity contribution in [2.75, 3.05) is 12.4 Å². The average molecular weight is 427 g/mol. The SMILES string of the molecule is O=C(CO)[C@@H](CSc1ccccc1)C[C@H](O)c1ccc(-c2ccc(Cl)cc2)cc1. The second-order valence-electron chi connectivity index (χ2n) is 6.83. The lowest BCUT2D eigenvalue weighted by Crippen LogP contribution is -2.23. The van der Waals surface area contributed by atoms with E-state index in [9.17, 15) is 15.0 Å². The predicted molar refractivity (Wildman–Crippen MR) is 119 cm³/mol. The summed E-state index contributed by atoms with van der Waals surface area (Å²) in [5.41, 5.74) is 2.83. The molecule has 0 spiro atoms. The third-order valence-electron chi connectivity index (χ3n) is 4.79. The van der Waals surface area contributed by atoms with Crippen LogP contribution in [0.5, 0.6) is 0 Å². The molecule has 0 heterocycles. The third-order valence-corrected chi connectivity index (χ3v) is 6.21. The van der Waals surface area contributed by atoms with Gasteiger partial charge in [0.05, 0.1) is 6.10 Å². The zero-order chi connectivity index (χ0) is 20.6. The first-order valence-corrected chi connectivity index (χ1v) is 10.8. The lowest BCUT2D eigenvalue weighted by atomic mass is 9.94. The van der Waals surface area contributed by atoms with Crippen LogP contribution in [0, 0.1) is 5.92 Å². The minimum absolute atomic E-state index is 0.245. The fourth-order valence-corrected chi connectivity index (χ4v) is 4.27.